The second-order valence-electron chi connectivity index (χ2n) is 3.28. The lowest BCUT2D eigenvalue weighted by molar-refractivity contribution is -0.125. The Morgan fingerprint density at radius 3 is 3.00 bits per heavy atom. The molecule has 0 spiro atoms. The van der Waals surface area contributed by atoms with Crippen LogP contribution in [0.2, 0.25) is 0 Å². The second kappa shape index (κ2) is 5.25. The van der Waals surface area contributed by atoms with Crippen LogP contribution in [-0.4, -0.2) is 25.5 Å². The molecule has 1 aliphatic rings. The zero-order chi connectivity index (χ0) is 9.68. The number of carbonyl (C=O) groups is 1. The molecule has 13 heavy (non-hydrogen) atoms. The van der Waals surface area contributed by atoms with E-state index in [0.29, 0.717) is 11.6 Å². The van der Waals surface area contributed by atoms with Crippen LogP contribution in [0.1, 0.15) is 12.8 Å². The van der Waals surface area contributed by atoms with Gasteiger partial charge in [-0.15, -0.1) is 0 Å². The summed E-state index contributed by atoms with van der Waals surface area (Å²) in [6.45, 7) is 5.68. The first-order valence-corrected chi connectivity index (χ1v) is 4.89. The molecule has 1 atom stereocenters. The van der Waals surface area contributed by atoms with Crippen molar-refractivity contribution in [3.05, 3.63) is 11.6 Å². The van der Waals surface area contributed by atoms with Crippen LogP contribution in [0.4, 0.5) is 0 Å². The van der Waals surface area contributed by atoms with Crippen LogP contribution in [0.15, 0.2) is 11.6 Å². The second-order valence-corrected chi connectivity index (χ2v) is 3.81. The molecule has 0 radical (unpaired) electrons. The molecular weight excluding hydrogens is 188 g/mol. The molecule has 0 aromatic carbocycles. The average Bonchev–Trinajstić information content (AvgIpc) is 2.15. The van der Waals surface area contributed by atoms with Crippen LogP contribution >= 0.6 is 11.6 Å². The minimum atomic E-state index is 0.0778. The van der Waals surface area contributed by atoms with E-state index >= 15 is 0 Å². The van der Waals surface area contributed by atoms with Crippen LogP contribution in [0.25, 0.3) is 0 Å². The van der Waals surface area contributed by atoms with Gasteiger partial charge in [-0.25, -0.2) is 0 Å². The van der Waals surface area contributed by atoms with E-state index < -0.39 is 0 Å². The van der Waals surface area contributed by atoms with E-state index in [0.717, 1.165) is 25.9 Å². The summed E-state index contributed by atoms with van der Waals surface area (Å²) in [5.74, 6) is 0.179. The van der Waals surface area contributed by atoms with E-state index in [1.165, 1.54) is 0 Å². The average molecular weight is 203 g/mol. The summed E-state index contributed by atoms with van der Waals surface area (Å²) in [7, 11) is 0. The lowest BCUT2D eigenvalue weighted by atomic mass is 9.99. The van der Waals surface area contributed by atoms with Gasteiger partial charge in [0.2, 0.25) is 5.91 Å². The van der Waals surface area contributed by atoms with Crippen molar-refractivity contribution in [3.63, 3.8) is 0 Å². The van der Waals surface area contributed by atoms with Crippen LogP contribution in [0, 0.1) is 5.92 Å². The lowest BCUT2D eigenvalue weighted by Gasteiger charge is -2.21. The summed E-state index contributed by atoms with van der Waals surface area (Å²) < 4.78 is 0. The maximum absolute atomic E-state index is 11.5. The van der Waals surface area contributed by atoms with E-state index in [-0.39, 0.29) is 11.8 Å². The standard InChI is InChI=1S/C9H15ClN2O/c1-7(10)5-12-9(13)8-3-2-4-11-6-8/h8,11H,1-6H2,(H,12,13)/t8-/m1/s1. The first-order valence-electron chi connectivity index (χ1n) is 4.52. The van der Waals surface area contributed by atoms with Crippen LogP contribution in [0.5, 0.6) is 0 Å². The van der Waals surface area contributed by atoms with Gasteiger partial charge in [0.25, 0.3) is 0 Å². The van der Waals surface area contributed by atoms with Gasteiger partial charge in [-0.1, -0.05) is 18.2 Å². The summed E-state index contributed by atoms with van der Waals surface area (Å²) in [5, 5.41) is 6.40. The predicted molar refractivity (Wildman–Crippen MR) is 53.6 cm³/mol. The molecule has 3 nitrogen and oxygen atoms in total. The van der Waals surface area contributed by atoms with E-state index in [4.69, 9.17) is 11.6 Å². The Morgan fingerprint density at radius 1 is 1.69 bits per heavy atom. The molecule has 74 valence electrons. The molecule has 2 N–H and O–H groups in total. The number of carbonyl (C=O) groups excluding carboxylic acids is 1. The van der Waals surface area contributed by atoms with Crippen molar-refractivity contribution in [1.29, 1.82) is 0 Å². The van der Waals surface area contributed by atoms with E-state index in [9.17, 15) is 4.79 Å². The third-order valence-electron chi connectivity index (χ3n) is 2.12. The van der Waals surface area contributed by atoms with Crippen molar-refractivity contribution in [2.75, 3.05) is 19.6 Å². The monoisotopic (exact) mass is 202 g/mol. The summed E-state index contributed by atoms with van der Waals surface area (Å²) in [5.41, 5.74) is 0. The Hall–Kier alpha value is -0.540. The van der Waals surface area contributed by atoms with E-state index in [1.807, 2.05) is 0 Å². The number of halogens is 1. The molecule has 1 aliphatic heterocycles. The molecule has 1 amide bonds. The van der Waals surface area contributed by atoms with Gasteiger partial charge in [0.15, 0.2) is 0 Å². The summed E-state index contributed by atoms with van der Waals surface area (Å²) in [6.07, 6.45) is 2.04. The molecule has 0 aromatic rings. The zero-order valence-corrected chi connectivity index (χ0v) is 8.36. The molecule has 0 bridgehead atoms. The molecule has 1 rings (SSSR count). The lowest BCUT2D eigenvalue weighted by Crippen LogP contribution is -2.40. The van der Waals surface area contributed by atoms with Gasteiger partial charge in [0, 0.05) is 11.6 Å². The highest BCUT2D eigenvalue weighted by Crippen LogP contribution is 2.09. The molecule has 1 saturated heterocycles. The number of hydrogen-bond acceptors (Lipinski definition) is 2. The van der Waals surface area contributed by atoms with Gasteiger partial charge < -0.3 is 10.6 Å². The molecule has 4 heteroatoms. The van der Waals surface area contributed by atoms with Gasteiger partial charge >= 0.3 is 0 Å². The van der Waals surface area contributed by atoms with Crippen molar-refractivity contribution < 1.29 is 4.79 Å². The summed E-state index contributed by atoms with van der Waals surface area (Å²) >= 11 is 5.54. The first-order chi connectivity index (χ1) is 6.20. The van der Waals surface area contributed by atoms with E-state index in [1.54, 1.807) is 0 Å². The molecule has 0 aromatic heterocycles. The smallest absolute Gasteiger partial charge is 0.224 e. The Balaban J connectivity index is 2.25. The maximum Gasteiger partial charge on any atom is 0.224 e. The molecule has 0 unspecified atom stereocenters. The number of piperidine rings is 1. The van der Waals surface area contributed by atoms with Crippen molar-refractivity contribution in [2.24, 2.45) is 5.92 Å². The van der Waals surface area contributed by atoms with Gasteiger partial charge in [0.05, 0.1) is 12.5 Å². The number of hydrogen-bond donors (Lipinski definition) is 2. The minimum Gasteiger partial charge on any atom is -0.351 e. The highest BCUT2D eigenvalue weighted by atomic mass is 35.5. The van der Waals surface area contributed by atoms with Gasteiger partial charge in [-0.3, -0.25) is 4.79 Å². The Kier molecular flexibility index (Phi) is 4.25. The first kappa shape index (κ1) is 10.5. The Labute approximate surface area is 83.5 Å². The SMILES string of the molecule is C=C(Cl)CNC(=O)[C@@H]1CCCNC1. The minimum absolute atomic E-state index is 0.0778. The Bertz CT molecular complexity index is 200. The van der Waals surface area contributed by atoms with E-state index in [2.05, 4.69) is 17.2 Å². The fourth-order valence-electron chi connectivity index (χ4n) is 1.40. The quantitative estimate of drug-likeness (QED) is 0.713. The zero-order valence-electron chi connectivity index (χ0n) is 7.61. The van der Waals surface area contributed by atoms with Crippen LogP contribution in [-0.2, 0) is 4.79 Å². The van der Waals surface area contributed by atoms with Crippen molar-refractivity contribution in [3.8, 4) is 0 Å². The Morgan fingerprint density at radius 2 is 2.46 bits per heavy atom. The molecule has 1 fully saturated rings. The highest BCUT2D eigenvalue weighted by molar-refractivity contribution is 6.29. The largest absolute Gasteiger partial charge is 0.351 e. The van der Waals surface area contributed by atoms with Crippen LogP contribution in [0.3, 0.4) is 0 Å². The van der Waals surface area contributed by atoms with Gasteiger partial charge in [-0.2, -0.15) is 0 Å². The van der Waals surface area contributed by atoms with Crippen molar-refractivity contribution in [2.45, 2.75) is 12.8 Å². The summed E-state index contributed by atoms with van der Waals surface area (Å²) in [6, 6.07) is 0. The fourth-order valence-corrected chi connectivity index (χ4v) is 1.47. The molecular formula is C9H15ClN2O. The molecule has 0 aliphatic carbocycles. The van der Waals surface area contributed by atoms with Crippen molar-refractivity contribution in [1.82, 2.24) is 10.6 Å². The third-order valence-corrected chi connectivity index (χ3v) is 2.26. The van der Waals surface area contributed by atoms with Gasteiger partial charge in [0.1, 0.15) is 0 Å². The van der Waals surface area contributed by atoms with Crippen molar-refractivity contribution >= 4 is 17.5 Å². The number of nitrogens with one attached hydrogen (secondary N) is 2. The normalized spacial score (nSPS) is 22.4. The third kappa shape index (κ3) is 3.79. The highest BCUT2D eigenvalue weighted by Gasteiger charge is 2.20. The number of rotatable bonds is 3. The fraction of sp³-hybridized carbons (Fsp3) is 0.667. The summed E-state index contributed by atoms with van der Waals surface area (Å²) in [4.78, 5) is 11.5. The van der Waals surface area contributed by atoms with Gasteiger partial charge in [-0.05, 0) is 19.4 Å². The molecule has 1 heterocycles. The maximum atomic E-state index is 11.5. The number of amides is 1. The predicted octanol–water partition coefficient (Wildman–Crippen LogP) is 0.855. The van der Waals surface area contributed by atoms with Crippen LogP contribution < -0.4 is 10.6 Å². The topological polar surface area (TPSA) is 41.1 Å². The molecule has 0 saturated carbocycles.